The number of carbonyl (C=O) groups is 2. The second-order valence-corrected chi connectivity index (χ2v) is 5.44. The van der Waals surface area contributed by atoms with Crippen LogP contribution in [-0.2, 0) is 9.59 Å². The van der Waals surface area contributed by atoms with Crippen LogP contribution < -0.4 is 5.32 Å². The van der Waals surface area contributed by atoms with Gasteiger partial charge in [-0.25, -0.2) is 0 Å². The molecule has 0 aromatic heterocycles. The van der Waals surface area contributed by atoms with E-state index in [2.05, 4.69) is 5.32 Å². The Morgan fingerprint density at radius 2 is 2.14 bits per heavy atom. The van der Waals surface area contributed by atoms with Crippen LogP contribution in [0.4, 0.5) is 0 Å². The number of benzene rings is 1. The molecular formula is C16H20ClNO3. The highest BCUT2D eigenvalue weighted by atomic mass is 35.5. The minimum atomic E-state index is -0.815. The molecule has 0 saturated heterocycles. The molecule has 21 heavy (non-hydrogen) atoms. The lowest BCUT2D eigenvalue weighted by atomic mass is 10.1. The van der Waals surface area contributed by atoms with Crippen molar-refractivity contribution in [3.05, 3.63) is 40.4 Å². The lowest BCUT2D eigenvalue weighted by molar-refractivity contribution is -0.137. The zero-order valence-electron chi connectivity index (χ0n) is 12.2. The van der Waals surface area contributed by atoms with Crippen LogP contribution in [0.5, 0.6) is 0 Å². The van der Waals surface area contributed by atoms with Crippen LogP contribution in [0.1, 0.15) is 37.3 Å². The van der Waals surface area contributed by atoms with Gasteiger partial charge in [0.1, 0.15) is 0 Å². The highest BCUT2D eigenvalue weighted by molar-refractivity contribution is 6.31. The second kappa shape index (κ2) is 8.47. The van der Waals surface area contributed by atoms with Gasteiger partial charge in [0.25, 0.3) is 0 Å². The summed E-state index contributed by atoms with van der Waals surface area (Å²) in [7, 11) is 0. The van der Waals surface area contributed by atoms with E-state index in [-0.39, 0.29) is 18.4 Å². The summed E-state index contributed by atoms with van der Waals surface area (Å²) >= 11 is 6.01. The van der Waals surface area contributed by atoms with Crippen molar-refractivity contribution >= 4 is 29.6 Å². The molecule has 1 aromatic rings. The topological polar surface area (TPSA) is 66.4 Å². The third-order valence-electron chi connectivity index (χ3n) is 3.04. The van der Waals surface area contributed by atoms with Crippen LogP contribution in [0.3, 0.4) is 0 Å². The highest BCUT2D eigenvalue weighted by Gasteiger charge is 2.06. The molecule has 0 aliphatic carbocycles. The first-order valence-corrected chi connectivity index (χ1v) is 7.23. The van der Waals surface area contributed by atoms with Gasteiger partial charge in [0.15, 0.2) is 0 Å². The summed E-state index contributed by atoms with van der Waals surface area (Å²) in [6, 6.07) is 5.54. The van der Waals surface area contributed by atoms with E-state index >= 15 is 0 Å². The Labute approximate surface area is 129 Å². The number of halogens is 1. The number of hydrogen-bond acceptors (Lipinski definition) is 2. The summed E-state index contributed by atoms with van der Waals surface area (Å²) in [5, 5.41) is 12.0. The molecule has 1 rings (SSSR count). The largest absolute Gasteiger partial charge is 0.481 e. The number of aryl methyl sites for hydroxylation is 1. The maximum Gasteiger partial charge on any atom is 0.303 e. The van der Waals surface area contributed by atoms with Crippen molar-refractivity contribution in [1.29, 1.82) is 0 Å². The molecule has 0 spiro atoms. The van der Waals surface area contributed by atoms with E-state index in [1.54, 1.807) is 12.1 Å². The fourth-order valence-electron chi connectivity index (χ4n) is 1.81. The minimum Gasteiger partial charge on any atom is -0.481 e. The maximum absolute atomic E-state index is 11.7. The summed E-state index contributed by atoms with van der Waals surface area (Å²) in [4.78, 5) is 22.1. The Kier molecular flexibility index (Phi) is 6.96. The average molecular weight is 310 g/mol. The summed E-state index contributed by atoms with van der Waals surface area (Å²) in [6.45, 7) is 3.78. The summed E-state index contributed by atoms with van der Waals surface area (Å²) in [5.74, 6) is -1.01. The molecule has 1 unspecified atom stereocenters. The Morgan fingerprint density at radius 3 is 2.76 bits per heavy atom. The summed E-state index contributed by atoms with van der Waals surface area (Å²) in [5.41, 5.74) is 1.85. The van der Waals surface area contributed by atoms with Crippen molar-refractivity contribution in [2.45, 2.75) is 39.2 Å². The van der Waals surface area contributed by atoms with Gasteiger partial charge in [0.05, 0.1) is 0 Å². The molecule has 0 aliphatic rings. The van der Waals surface area contributed by atoms with Crippen LogP contribution in [0.15, 0.2) is 24.3 Å². The van der Waals surface area contributed by atoms with Crippen LogP contribution >= 0.6 is 11.6 Å². The number of rotatable bonds is 7. The van der Waals surface area contributed by atoms with Crippen LogP contribution in [-0.4, -0.2) is 23.0 Å². The van der Waals surface area contributed by atoms with Gasteiger partial charge in [0.2, 0.25) is 5.91 Å². The van der Waals surface area contributed by atoms with Crippen molar-refractivity contribution in [2.75, 3.05) is 0 Å². The highest BCUT2D eigenvalue weighted by Crippen LogP contribution is 2.17. The molecule has 0 bridgehead atoms. The molecule has 1 aromatic carbocycles. The second-order valence-electron chi connectivity index (χ2n) is 5.04. The Morgan fingerprint density at radius 1 is 1.43 bits per heavy atom. The summed E-state index contributed by atoms with van der Waals surface area (Å²) in [6.07, 6.45) is 4.47. The maximum atomic E-state index is 11.7. The van der Waals surface area contributed by atoms with Crippen LogP contribution in [0.2, 0.25) is 5.02 Å². The van der Waals surface area contributed by atoms with Gasteiger partial charge in [-0.15, -0.1) is 0 Å². The lowest BCUT2D eigenvalue weighted by Crippen LogP contribution is -2.31. The average Bonchev–Trinajstić information content (AvgIpc) is 2.39. The molecule has 2 N–H and O–H groups in total. The smallest absolute Gasteiger partial charge is 0.303 e. The van der Waals surface area contributed by atoms with Crippen LogP contribution in [0, 0.1) is 6.92 Å². The van der Waals surface area contributed by atoms with Crippen molar-refractivity contribution in [1.82, 2.24) is 5.32 Å². The van der Waals surface area contributed by atoms with Crippen LogP contribution in [0.25, 0.3) is 6.08 Å². The fourth-order valence-corrected chi connectivity index (χ4v) is 2.00. The van der Waals surface area contributed by atoms with Crippen molar-refractivity contribution < 1.29 is 14.7 Å². The summed E-state index contributed by atoms with van der Waals surface area (Å²) < 4.78 is 0. The number of carboxylic acid groups (broad SMARTS) is 1. The minimum absolute atomic E-state index is 0.0527. The number of amides is 1. The number of nitrogens with one attached hydrogen (secondary N) is 1. The van der Waals surface area contributed by atoms with Gasteiger partial charge in [0, 0.05) is 23.6 Å². The first kappa shape index (κ1) is 17.2. The molecule has 5 heteroatoms. The van der Waals surface area contributed by atoms with E-state index in [1.807, 2.05) is 26.0 Å². The third-order valence-corrected chi connectivity index (χ3v) is 3.45. The number of carboxylic acids is 1. The normalized spacial score (nSPS) is 12.3. The predicted octanol–water partition coefficient (Wildman–Crippen LogP) is 3.42. The van der Waals surface area contributed by atoms with E-state index in [9.17, 15) is 9.59 Å². The molecule has 0 heterocycles. The molecule has 0 radical (unpaired) electrons. The molecule has 1 amide bonds. The lowest BCUT2D eigenvalue weighted by Gasteiger charge is -2.11. The molecule has 114 valence electrons. The van der Waals surface area contributed by atoms with E-state index in [0.29, 0.717) is 17.9 Å². The standard InChI is InChI=1S/C16H20ClNO3/c1-11-6-7-13(10-14(11)17)8-9-15(19)18-12(2)4-3-5-16(20)21/h6-10,12H,3-5H2,1-2H3,(H,18,19)(H,20,21)/b9-8+. The van der Waals surface area contributed by atoms with E-state index < -0.39 is 5.97 Å². The zero-order chi connectivity index (χ0) is 15.8. The first-order chi connectivity index (χ1) is 9.88. The quantitative estimate of drug-likeness (QED) is 0.758. The van der Waals surface area contributed by atoms with E-state index in [0.717, 1.165) is 11.1 Å². The van der Waals surface area contributed by atoms with Gasteiger partial charge in [-0.3, -0.25) is 9.59 Å². The van der Waals surface area contributed by atoms with E-state index in [1.165, 1.54) is 6.08 Å². The Bertz CT molecular complexity index is 540. The van der Waals surface area contributed by atoms with Gasteiger partial charge >= 0.3 is 5.97 Å². The van der Waals surface area contributed by atoms with Crippen molar-refractivity contribution in [3.63, 3.8) is 0 Å². The van der Waals surface area contributed by atoms with Crippen molar-refractivity contribution in [2.24, 2.45) is 0 Å². The van der Waals surface area contributed by atoms with Gasteiger partial charge in [-0.1, -0.05) is 23.7 Å². The first-order valence-electron chi connectivity index (χ1n) is 6.85. The van der Waals surface area contributed by atoms with Gasteiger partial charge < -0.3 is 10.4 Å². The number of aliphatic carboxylic acids is 1. The molecular weight excluding hydrogens is 290 g/mol. The molecule has 1 atom stereocenters. The molecule has 4 nitrogen and oxygen atoms in total. The molecule has 0 fully saturated rings. The van der Waals surface area contributed by atoms with Gasteiger partial charge in [-0.05, 0) is 50.0 Å². The zero-order valence-corrected chi connectivity index (χ0v) is 13.0. The van der Waals surface area contributed by atoms with Gasteiger partial charge in [-0.2, -0.15) is 0 Å². The molecule has 0 saturated carbocycles. The van der Waals surface area contributed by atoms with E-state index in [4.69, 9.17) is 16.7 Å². The predicted molar refractivity (Wildman–Crippen MR) is 84.3 cm³/mol. The van der Waals surface area contributed by atoms with Crippen molar-refractivity contribution in [3.8, 4) is 0 Å². The number of carbonyl (C=O) groups excluding carboxylic acids is 1. The Hall–Kier alpha value is -1.81. The Balaban J connectivity index is 2.43. The SMILES string of the molecule is Cc1ccc(/C=C/C(=O)NC(C)CCCC(=O)O)cc1Cl. The fraction of sp³-hybridized carbons (Fsp3) is 0.375. The number of hydrogen-bond donors (Lipinski definition) is 2. The monoisotopic (exact) mass is 309 g/mol. The third kappa shape index (κ3) is 6.95. The molecule has 0 aliphatic heterocycles.